The van der Waals surface area contributed by atoms with Crippen molar-refractivity contribution in [3.05, 3.63) is 89.0 Å². The van der Waals surface area contributed by atoms with Gasteiger partial charge in [-0.25, -0.2) is 4.79 Å². The number of aliphatic carboxylic acids is 1. The molecule has 0 unspecified atom stereocenters. The third kappa shape index (κ3) is 8.69. The van der Waals surface area contributed by atoms with Gasteiger partial charge in [0.1, 0.15) is 11.8 Å². The molecule has 1 atom stereocenters. The van der Waals surface area contributed by atoms with Crippen LogP contribution in [0.1, 0.15) is 33.5 Å². The number of amides is 1. The summed E-state index contributed by atoms with van der Waals surface area (Å²) in [6.07, 6.45) is 3.00. The molecule has 0 bridgehead atoms. The molecule has 0 aliphatic heterocycles. The molecule has 192 valence electrons. The zero-order valence-electron chi connectivity index (χ0n) is 21.0. The number of hydrogen-bond donors (Lipinski definition) is 2. The van der Waals surface area contributed by atoms with Gasteiger partial charge in [-0.1, -0.05) is 48.5 Å². The van der Waals surface area contributed by atoms with Crippen LogP contribution in [0.5, 0.6) is 5.75 Å². The van der Waals surface area contributed by atoms with Crippen molar-refractivity contribution in [3.63, 3.8) is 0 Å². The first-order chi connectivity index (χ1) is 17.4. The van der Waals surface area contributed by atoms with Gasteiger partial charge in [-0.2, -0.15) is 11.8 Å². The summed E-state index contributed by atoms with van der Waals surface area (Å²) in [6, 6.07) is 20.3. The summed E-state index contributed by atoms with van der Waals surface area (Å²) in [5.41, 5.74) is 5.17. The minimum absolute atomic E-state index is 0. The van der Waals surface area contributed by atoms with E-state index in [0.717, 1.165) is 40.0 Å². The van der Waals surface area contributed by atoms with E-state index in [9.17, 15) is 14.7 Å². The van der Waals surface area contributed by atoms with Gasteiger partial charge in [0.2, 0.25) is 0 Å². The van der Waals surface area contributed by atoms with Gasteiger partial charge in [-0.05, 0) is 77.8 Å². The molecular weight excluding hydrogens is 481 g/mol. The van der Waals surface area contributed by atoms with E-state index in [-0.39, 0.29) is 18.9 Å². The number of thioether (sulfide) groups is 1. The van der Waals surface area contributed by atoms with Crippen molar-refractivity contribution in [2.24, 2.45) is 0 Å². The second-order valence-corrected chi connectivity index (χ2v) is 9.44. The molecule has 0 aromatic heterocycles. The van der Waals surface area contributed by atoms with Gasteiger partial charge in [0.05, 0.1) is 20.3 Å². The Bertz CT molecular complexity index is 1190. The molecule has 3 rings (SSSR count). The van der Waals surface area contributed by atoms with Gasteiger partial charge in [0.25, 0.3) is 5.91 Å². The van der Waals surface area contributed by atoms with Crippen LogP contribution in [0.2, 0.25) is 0 Å². The average Bonchev–Trinajstić information content (AvgIpc) is 2.89. The molecule has 0 radical (unpaired) electrons. The summed E-state index contributed by atoms with van der Waals surface area (Å²) in [5.74, 6) is 0.0586. The maximum atomic E-state index is 13.2. The summed E-state index contributed by atoms with van der Waals surface area (Å²) in [4.78, 5) is 24.9. The number of carboxylic acid groups (broad SMARTS) is 1. The quantitative estimate of drug-likeness (QED) is 0.253. The van der Waals surface area contributed by atoms with Crippen LogP contribution in [-0.2, 0) is 22.6 Å². The molecule has 0 aliphatic rings. The van der Waals surface area contributed by atoms with E-state index in [4.69, 9.17) is 9.47 Å². The van der Waals surface area contributed by atoms with E-state index in [0.29, 0.717) is 31.0 Å². The van der Waals surface area contributed by atoms with Gasteiger partial charge in [-0.15, -0.1) is 0 Å². The topological polar surface area (TPSA) is 84.9 Å². The normalized spacial score (nSPS) is 11.3. The Balaban J connectivity index is 0.00000481. The van der Waals surface area contributed by atoms with E-state index < -0.39 is 17.9 Å². The van der Waals surface area contributed by atoms with Crippen molar-refractivity contribution >= 4 is 42.5 Å². The van der Waals surface area contributed by atoms with Crippen molar-refractivity contribution < 1.29 is 24.2 Å². The second kappa shape index (κ2) is 15.5. The van der Waals surface area contributed by atoms with Gasteiger partial charge in [-0.3, -0.25) is 4.79 Å². The number of hydrogen-bond acceptors (Lipinski definition) is 5. The number of nitrogens with one attached hydrogen (secondary N) is 1. The van der Waals surface area contributed by atoms with Gasteiger partial charge < -0.3 is 19.9 Å². The van der Waals surface area contributed by atoms with Crippen LogP contribution in [0.15, 0.2) is 66.7 Å². The zero-order chi connectivity index (χ0) is 25.9. The third-order valence-corrected chi connectivity index (χ3v) is 6.60. The third-order valence-electron chi connectivity index (χ3n) is 5.95. The van der Waals surface area contributed by atoms with Crippen LogP contribution in [0.4, 0.5) is 0 Å². The summed E-state index contributed by atoms with van der Waals surface area (Å²) < 4.78 is 11.4. The molecular formula is C29H34LiNO5S. The van der Waals surface area contributed by atoms with E-state index in [1.165, 1.54) is 0 Å². The van der Waals surface area contributed by atoms with Crippen LogP contribution in [0.3, 0.4) is 0 Å². The second-order valence-electron chi connectivity index (χ2n) is 8.46. The number of benzene rings is 3. The van der Waals surface area contributed by atoms with E-state index >= 15 is 0 Å². The van der Waals surface area contributed by atoms with Crippen LogP contribution < -0.4 is 10.1 Å². The van der Waals surface area contributed by atoms with E-state index in [1.54, 1.807) is 24.9 Å². The molecule has 0 fully saturated rings. The number of para-hydroxylation sites is 1. The van der Waals surface area contributed by atoms with Crippen molar-refractivity contribution in [1.82, 2.24) is 5.32 Å². The van der Waals surface area contributed by atoms with Crippen molar-refractivity contribution in [3.8, 4) is 16.9 Å². The number of carboxylic acids is 1. The summed E-state index contributed by atoms with van der Waals surface area (Å²) in [5, 5.41) is 12.3. The molecule has 8 heteroatoms. The molecule has 0 spiro atoms. The molecule has 0 saturated heterocycles. The average molecular weight is 516 g/mol. The zero-order valence-corrected chi connectivity index (χ0v) is 21.8. The van der Waals surface area contributed by atoms with Gasteiger partial charge in [0, 0.05) is 5.56 Å². The molecule has 3 aromatic carbocycles. The number of aryl methyl sites for hydroxylation is 1. The first kappa shape index (κ1) is 30.5. The summed E-state index contributed by atoms with van der Waals surface area (Å²) >= 11 is 1.55. The minimum atomic E-state index is -1.03. The summed E-state index contributed by atoms with van der Waals surface area (Å²) in [6.45, 7) is 2.91. The molecule has 3 aromatic rings. The van der Waals surface area contributed by atoms with E-state index in [1.807, 2.05) is 73.8 Å². The molecule has 2 N–H and O–H groups in total. The molecule has 37 heavy (non-hydrogen) atoms. The van der Waals surface area contributed by atoms with Crippen molar-refractivity contribution in [2.45, 2.75) is 32.4 Å². The maximum absolute atomic E-state index is 13.2. The predicted octanol–water partition coefficient (Wildman–Crippen LogP) is 4.72. The van der Waals surface area contributed by atoms with Crippen LogP contribution in [-0.4, -0.2) is 67.6 Å². The number of ether oxygens (including phenoxy) is 2. The predicted molar refractivity (Wildman–Crippen MR) is 152 cm³/mol. The molecule has 6 nitrogen and oxygen atoms in total. The number of rotatable bonds is 13. The fourth-order valence-electron chi connectivity index (χ4n) is 3.99. The van der Waals surface area contributed by atoms with Gasteiger partial charge in [0.15, 0.2) is 0 Å². The number of carbonyl (C=O) groups excluding carboxylic acids is 1. The first-order valence-corrected chi connectivity index (χ1v) is 13.2. The van der Waals surface area contributed by atoms with Crippen molar-refractivity contribution in [2.75, 3.05) is 25.7 Å². The fraction of sp³-hybridized carbons (Fsp3) is 0.310. The van der Waals surface area contributed by atoms with Crippen molar-refractivity contribution in [1.29, 1.82) is 0 Å². The molecule has 0 heterocycles. The van der Waals surface area contributed by atoms with Crippen LogP contribution in [0, 0.1) is 6.92 Å². The number of methoxy groups -OCH3 is 1. The Morgan fingerprint density at radius 3 is 2.46 bits per heavy atom. The first-order valence-electron chi connectivity index (χ1n) is 11.9. The SMILES string of the molecule is COc1ccccc1CCOCc1ccc(C(=O)N[C@@H](CCSC)C(=O)O)c(-c2ccccc2C)c1.[LiH]. The van der Waals surface area contributed by atoms with Crippen LogP contribution >= 0.6 is 11.8 Å². The Labute approximate surface area is 235 Å². The van der Waals surface area contributed by atoms with Gasteiger partial charge >= 0.3 is 24.8 Å². The Hall–Kier alpha value is -2.69. The molecule has 0 saturated carbocycles. The summed E-state index contributed by atoms with van der Waals surface area (Å²) in [7, 11) is 1.66. The number of carbonyl (C=O) groups is 2. The fourth-order valence-corrected chi connectivity index (χ4v) is 4.46. The van der Waals surface area contributed by atoms with Crippen LogP contribution in [0.25, 0.3) is 11.1 Å². The Morgan fingerprint density at radius 2 is 1.76 bits per heavy atom. The molecule has 0 aliphatic carbocycles. The monoisotopic (exact) mass is 515 g/mol. The Morgan fingerprint density at radius 1 is 1.03 bits per heavy atom. The molecule has 1 amide bonds. The Kier molecular flexibility index (Phi) is 12.8. The van der Waals surface area contributed by atoms with E-state index in [2.05, 4.69) is 5.32 Å². The standard InChI is InChI=1S/C29H33NO5S.Li.H/c1-20-8-4-6-10-23(20)25-18-21(19-35-16-14-22-9-5-7-11-27(22)34-2)12-13-24(25)28(31)30-26(29(32)33)15-17-36-3;;/h4-13,18,26H,14-17,19H2,1-3H3,(H,30,31)(H,32,33);;/t26-;;/m0../s1.